The average Bonchev–Trinajstić information content (AvgIpc) is 2.25. The van der Waals surface area contributed by atoms with Crippen molar-refractivity contribution in [3.63, 3.8) is 0 Å². The lowest BCUT2D eigenvalue weighted by molar-refractivity contribution is 1.23. The Balaban J connectivity index is 2.65. The minimum absolute atomic E-state index is 0.816. The Kier molecular flexibility index (Phi) is 0.935. The van der Waals surface area contributed by atoms with Crippen LogP contribution < -0.4 is 5.32 Å². The van der Waals surface area contributed by atoms with E-state index in [1.54, 1.807) is 0 Å². The van der Waals surface area contributed by atoms with Crippen LogP contribution in [0.2, 0.25) is 5.02 Å². The lowest BCUT2D eigenvalue weighted by atomic mass is 10.2. The zero-order chi connectivity index (χ0) is 6.27. The topological polar surface area (TPSA) is 12.0 Å². The van der Waals surface area contributed by atoms with E-state index in [1.165, 1.54) is 5.56 Å². The van der Waals surface area contributed by atoms with E-state index in [2.05, 4.69) is 11.4 Å². The van der Waals surface area contributed by atoms with Crippen LogP contribution in [0.3, 0.4) is 0 Å². The number of benzene rings is 1. The monoisotopic (exact) mass is 139 g/mol. The molecule has 0 saturated heterocycles. The maximum atomic E-state index is 5.80. The Bertz CT molecular complexity index is 245. The molecule has 46 valence electrons. The van der Waals surface area contributed by atoms with Crippen molar-refractivity contribution >= 4 is 17.3 Å². The molecular formula is C7H6ClN. The molecule has 0 fully saturated rings. The largest absolute Gasteiger partial charge is 0.380 e. The zero-order valence-corrected chi connectivity index (χ0v) is 5.57. The van der Waals surface area contributed by atoms with Crippen LogP contribution in [-0.4, -0.2) is 0 Å². The van der Waals surface area contributed by atoms with Crippen LogP contribution in [0, 0.1) is 0 Å². The van der Waals surface area contributed by atoms with E-state index in [0.717, 1.165) is 17.3 Å². The van der Waals surface area contributed by atoms with Gasteiger partial charge >= 0.3 is 0 Å². The maximum absolute atomic E-state index is 5.80. The second kappa shape index (κ2) is 1.64. The molecule has 0 spiro atoms. The summed E-state index contributed by atoms with van der Waals surface area (Å²) in [5, 5.41) is 3.98. The molecule has 9 heavy (non-hydrogen) atoms. The highest BCUT2D eigenvalue weighted by atomic mass is 35.5. The van der Waals surface area contributed by atoms with Crippen LogP contribution in [0.1, 0.15) is 5.56 Å². The summed E-state index contributed by atoms with van der Waals surface area (Å²) < 4.78 is 0. The first-order valence-corrected chi connectivity index (χ1v) is 3.26. The van der Waals surface area contributed by atoms with Gasteiger partial charge in [-0.1, -0.05) is 17.7 Å². The molecular weight excluding hydrogens is 134 g/mol. The van der Waals surface area contributed by atoms with Crippen molar-refractivity contribution < 1.29 is 0 Å². The van der Waals surface area contributed by atoms with Gasteiger partial charge in [0.2, 0.25) is 0 Å². The lowest BCUT2D eigenvalue weighted by Crippen LogP contribution is -1.86. The van der Waals surface area contributed by atoms with E-state index in [9.17, 15) is 0 Å². The van der Waals surface area contributed by atoms with Crippen molar-refractivity contribution in [1.82, 2.24) is 0 Å². The summed E-state index contributed by atoms with van der Waals surface area (Å²) in [5.41, 5.74) is 2.38. The minimum Gasteiger partial charge on any atom is -0.380 e. The molecule has 1 N–H and O–H groups in total. The minimum atomic E-state index is 0.816. The van der Waals surface area contributed by atoms with Crippen LogP contribution in [0.4, 0.5) is 5.69 Å². The third kappa shape index (κ3) is 0.688. The van der Waals surface area contributed by atoms with Gasteiger partial charge in [0.05, 0.1) is 10.7 Å². The van der Waals surface area contributed by atoms with Gasteiger partial charge < -0.3 is 5.32 Å². The van der Waals surface area contributed by atoms with Crippen molar-refractivity contribution in [2.45, 2.75) is 6.54 Å². The van der Waals surface area contributed by atoms with E-state index in [4.69, 9.17) is 11.6 Å². The second-order valence-corrected chi connectivity index (χ2v) is 2.57. The van der Waals surface area contributed by atoms with E-state index >= 15 is 0 Å². The highest BCUT2D eigenvalue weighted by Gasteiger charge is 2.07. The normalized spacial score (nSPS) is 13.4. The first-order chi connectivity index (χ1) is 4.36. The summed E-state index contributed by atoms with van der Waals surface area (Å²) in [5.74, 6) is 0. The fraction of sp³-hybridized carbons (Fsp3) is 0.143. The maximum Gasteiger partial charge on any atom is 0.0637 e. The molecule has 2 bridgehead atoms. The van der Waals surface area contributed by atoms with Crippen LogP contribution in [0.25, 0.3) is 0 Å². The Morgan fingerprint density at radius 2 is 2.33 bits per heavy atom. The molecule has 1 aromatic rings. The first-order valence-electron chi connectivity index (χ1n) is 2.88. The third-order valence-corrected chi connectivity index (χ3v) is 1.84. The molecule has 2 rings (SSSR count). The number of fused-ring (bicyclic) bond motifs is 2. The number of halogens is 1. The zero-order valence-electron chi connectivity index (χ0n) is 4.82. The molecule has 1 heterocycles. The molecule has 1 aromatic carbocycles. The number of nitrogens with one attached hydrogen (secondary N) is 1. The van der Waals surface area contributed by atoms with Gasteiger partial charge in [-0.05, 0) is 17.7 Å². The number of anilines is 1. The van der Waals surface area contributed by atoms with E-state index in [-0.39, 0.29) is 0 Å². The summed E-state index contributed by atoms with van der Waals surface area (Å²) >= 11 is 5.80. The van der Waals surface area contributed by atoms with Gasteiger partial charge in [-0.3, -0.25) is 0 Å². The average molecular weight is 140 g/mol. The quantitative estimate of drug-likeness (QED) is 0.582. The van der Waals surface area contributed by atoms with Crippen molar-refractivity contribution in [1.29, 1.82) is 0 Å². The van der Waals surface area contributed by atoms with E-state index in [1.807, 2.05) is 12.1 Å². The highest BCUT2D eigenvalue weighted by Crippen LogP contribution is 2.27. The molecule has 2 heteroatoms. The molecule has 1 aliphatic rings. The van der Waals surface area contributed by atoms with Gasteiger partial charge in [0.15, 0.2) is 0 Å². The summed E-state index contributed by atoms with van der Waals surface area (Å²) in [7, 11) is 0. The standard InChI is InChI=1S/C7H6ClN/c8-6-2-1-5-3-7(6)9-4-5/h1-3,9H,4H2. The predicted molar refractivity (Wildman–Crippen MR) is 38.8 cm³/mol. The van der Waals surface area contributed by atoms with Gasteiger partial charge in [-0.2, -0.15) is 0 Å². The van der Waals surface area contributed by atoms with Crippen LogP contribution in [0.15, 0.2) is 18.2 Å². The summed E-state index contributed by atoms with van der Waals surface area (Å²) in [6.07, 6.45) is 0. The van der Waals surface area contributed by atoms with Gasteiger partial charge in [0.1, 0.15) is 0 Å². The number of rotatable bonds is 0. The predicted octanol–water partition coefficient (Wildman–Crippen LogP) is 2.27. The molecule has 1 aliphatic heterocycles. The summed E-state index contributed by atoms with van der Waals surface area (Å²) in [6.45, 7) is 0.933. The first kappa shape index (κ1) is 5.12. The lowest BCUT2D eigenvalue weighted by Gasteiger charge is -1.92. The third-order valence-electron chi connectivity index (χ3n) is 1.51. The SMILES string of the molecule is Clc1ccc2cc1NC2. The molecule has 0 atom stereocenters. The molecule has 0 radical (unpaired) electrons. The second-order valence-electron chi connectivity index (χ2n) is 2.17. The fourth-order valence-corrected chi connectivity index (χ4v) is 1.20. The molecule has 1 nitrogen and oxygen atoms in total. The molecule has 0 aliphatic carbocycles. The van der Waals surface area contributed by atoms with Crippen LogP contribution in [-0.2, 0) is 6.54 Å². The van der Waals surface area contributed by atoms with Crippen LogP contribution >= 0.6 is 11.6 Å². The highest BCUT2D eigenvalue weighted by molar-refractivity contribution is 6.33. The molecule has 0 aromatic heterocycles. The van der Waals surface area contributed by atoms with Gasteiger partial charge in [-0.25, -0.2) is 0 Å². The van der Waals surface area contributed by atoms with Gasteiger partial charge in [-0.15, -0.1) is 0 Å². The fourth-order valence-electron chi connectivity index (χ4n) is 1.02. The molecule has 0 saturated carbocycles. The Hall–Kier alpha value is -0.690. The van der Waals surface area contributed by atoms with Crippen molar-refractivity contribution in [2.24, 2.45) is 0 Å². The smallest absolute Gasteiger partial charge is 0.0637 e. The number of hydrogen-bond acceptors (Lipinski definition) is 1. The van der Waals surface area contributed by atoms with Crippen LogP contribution in [0.5, 0.6) is 0 Å². The number of hydrogen-bond donors (Lipinski definition) is 1. The van der Waals surface area contributed by atoms with Crippen molar-refractivity contribution in [2.75, 3.05) is 5.32 Å². The van der Waals surface area contributed by atoms with Crippen molar-refractivity contribution in [3.8, 4) is 0 Å². The summed E-state index contributed by atoms with van der Waals surface area (Å²) in [4.78, 5) is 0. The van der Waals surface area contributed by atoms with Crippen molar-refractivity contribution in [3.05, 3.63) is 28.8 Å². The van der Waals surface area contributed by atoms with E-state index < -0.39 is 0 Å². The molecule has 0 amide bonds. The van der Waals surface area contributed by atoms with Gasteiger partial charge in [0, 0.05) is 6.54 Å². The Morgan fingerprint density at radius 1 is 1.44 bits per heavy atom. The van der Waals surface area contributed by atoms with Gasteiger partial charge in [0.25, 0.3) is 0 Å². The Morgan fingerprint density at radius 3 is 3.11 bits per heavy atom. The Labute approximate surface area is 58.6 Å². The molecule has 0 unspecified atom stereocenters. The van der Waals surface area contributed by atoms with E-state index in [0.29, 0.717) is 0 Å². The summed E-state index contributed by atoms with van der Waals surface area (Å²) in [6, 6.07) is 6.03.